The third-order valence-electron chi connectivity index (χ3n) is 4.94. The van der Waals surface area contributed by atoms with E-state index in [1.54, 1.807) is 0 Å². The molecule has 3 rings (SSSR count). The summed E-state index contributed by atoms with van der Waals surface area (Å²) in [6.45, 7) is 4.38. The summed E-state index contributed by atoms with van der Waals surface area (Å²) in [5.74, 6) is -0.533. The van der Waals surface area contributed by atoms with Gasteiger partial charge in [-0.3, -0.25) is 4.79 Å². The zero-order valence-corrected chi connectivity index (χ0v) is 17.4. The van der Waals surface area contributed by atoms with Gasteiger partial charge in [-0.15, -0.1) is 0 Å². The summed E-state index contributed by atoms with van der Waals surface area (Å²) in [6, 6.07) is 7.96. The van der Waals surface area contributed by atoms with Crippen molar-refractivity contribution >= 4 is 34.3 Å². The molecule has 1 aromatic rings. The average molecular weight is 465 g/mol. The maximum absolute atomic E-state index is 12.9. The third kappa shape index (κ3) is 3.72. The van der Waals surface area contributed by atoms with Crippen LogP contribution in [0.4, 0.5) is 0 Å². The molecule has 0 saturated heterocycles. The number of esters is 1. The van der Waals surface area contributed by atoms with Crippen LogP contribution in [0.25, 0.3) is 0 Å². The van der Waals surface area contributed by atoms with Gasteiger partial charge in [-0.1, -0.05) is 31.5 Å². The maximum Gasteiger partial charge on any atom is 0.336 e. The normalized spacial score (nSPS) is 20.0. The van der Waals surface area contributed by atoms with Crippen molar-refractivity contribution in [1.82, 2.24) is 5.32 Å². The van der Waals surface area contributed by atoms with Gasteiger partial charge in [0.15, 0.2) is 5.78 Å². The minimum Gasteiger partial charge on any atom is -0.462 e. The van der Waals surface area contributed by atoms with E-state index in [0.29, 0.717) is 18.6 Å². The zero-order valence-electron chi connectivity index (χ0n) is 15.2. The van der Waals surface area contributed by atoms with E-state index in [1.807, 2.05) is 31.2 Å². The molecule has 26 heavy (non-hydrogen) atoms. The van der Waals surface area contributed by atoms with Crippen LogP contribution in [0.2, 0.25) is 0 Å². The Labute approximate surface area is 168 Å². The van der Waals surface area contributed by atoms with Crippen molar-refractivity contribution in [2.24, 2.45) is 0 Å². The Hall–Kier alpha value is -1.63. The quantitative estimate of drug-likeness (QED) is 0.392. The van der Waals surface area contributed by atoms with E-state index in [-0.39, 0.29) is 17.7 Å². The summed E-state index contributed by atoms with van der Waals surface area (Å²) in [5, 5.41) is 3.32. The Morgan fingerprint density at radius 2 is 2.08 bits per heavy atom. The van der Waals surface area contributed by atoms with Gasteiger partial charge in [0.2, 0.25) is 0 Å². The molecule has 0 unspecified atom stereocenters. The fourth-order valence-electron chi connectivity index (χ4n) is 3.66. The van der Waals surface area contributed by atoms with Gasteiger partial charge in [0.1, 0.15) is 0 Å². The molecule has 0 saturated carbocycles. The van der Waals surface area contributed by atoms with Gasteiger partial charge in [-0.05, 0) is 60.4 Å². The molecule has 2 aliphatic rings. The Bertz CT molecular complexity index is 794. The van der Waals surface area contributed by atoms with Crippen molar-refractivity contribution in [2.75, 3.05) is 6.61 Å². The number of benzene rings is 1. The number of unbranched alkanes of at least 4 members (excludes halogenated alkanes) is 1. The fourth-order valence-corrected chi connectivity index (χ4v) is 4.36. The molecule has 0 aromatic heterocycles. The number of ketones is 1. The van der Waals surface area contributed by atoms with Crippen molar-refractivity contribution in [3.8, 4) is 0 Å². The number of halogens is 1. The van der Waals surface area contributed by atoms with E-state index in [1.165, 1.54) is 0 Å². The van der Waals surface area contributed by atoms with E-state index in [4.69, 9.17) is 4.74 Å². The van der Waals surface area contributed by atoms with E-state index < -0.39 is 0 Å². The summed E-state index contributed by atoms with van der Waals surface area (Å²) in [4.78, 5) is 25.7. The highest BCUT2D eigenvalue weighted by Gasteiger charge is 2.39. The van der Waals surface area contributed by atoms with Crippen LogP contribution in [0.5, 0.6) is 0 Å². The van der Waals surface area contributed by atoms with Crippen molar-refractivity contribution in [1.29, 1.82) is 0 Å². The van der Waals surface area contributed by atoms with Crippen LogP contribution < -0.4 is 5.32 Å². The van der Waals surface area contributed by atoms with Gasteiger partial charge < -0.3 is 10.1 Å². The molecule has 0 fully saturated rings. The first-order valence-electron chi connectivity index (χ1n) is 9.20. The predicted octanol–water partition coefficient (Wildman–Crippen LogP) is 4.60. The lowest BCUT2D eigenvalue weighted by Gasteiger charge is -2.34. The van der Waals surface area contributed by atoms with E-state index in [9.17, 15) is 9.59 Å². The molecule has 0 radical (unpaired) electrons. The monoisotopic (exact) mass is 465 g/mol. The summed E-state index contributed by atoms with van der Waals surface area (Å²) < 4.78 is 6.58. The van der Waals surface area contributed by atoms with Crippen molar-refractivity contribution in [2.45, 2.75) is 51.9 Å². The summed E-state index contributed by atoms with van der Waals surface area (Å²) in [7, 11) is 0. The van der Waals surface area contributed by atoms with Crippen LogP contribution in [-0.4, -0.2) is 18.4 Å². The van der Waals surface area contributed by atoms with Gasteiger partial charge in [-0.25, -0.2) is 4.79 Å². The highest BCUT2D eigenvalue weighted by molar-refractivity contribution is 14.1. The second-order valence-corrected chi connectivity index (χ2v) is 7.94. The van der Waals surface area contributed by atoms with Gasteiger partial charge in [-0.2, -0.15) is 0 Å². The minimum absolute atomic E-state index is 0.134. The molecule has 0 bridgehead atoms. The first-order valence-corrected chi connectivity index (χ1v) is 10.3. The van der Waals surface area contributed by atoms with Gasteiger partial charge in [0.25, 0.3) is 0 Å². The first-order chi connectivity index (χ1) is 12.5. The molecule has 1 N–H and O–H groups in total. The van der Waals surface area contributed by atoms with Crippen molar-refractivity contribution < 1.29 is 14.3 Å². The lowest BCUT2D eigenvalue weighted by atomic mass is 9.75. The fraction of sp³-hybridized carbons (Fsp3) is 0.429. The number of carbonyl (C=O) groups is 2. The Kier molecular flexibility index (Phi) is 6.16. The predicted molar refractivity (Wildman–Crippen MR) is 109 cm³/mol. The highest BCUT2D eigenvalue weighted by atomic mass is 127. The number of rotatable bonds is 5. The van der Waals surface area contributed by atoms with Gasteiger partial charge >= 0.3 is 5.97 Å². The molecule has 1 aliphatic carbocycles. The smallest absolute Gasteiger partial charge is 0.336 e. The van der Waals surface area contributed by atoms with E-state index in [0.717, 1.165) is 51.8 Å². The van der Waals surface area contributed by atoms with Crippen LogP contribution in [-0.2, 0) is 14.3 Å². The number of nitrogens with one attached hydrogen (secondary N) is 1. The molecular formula is C21H24INO3. The standard InChI is InChI=1S/C21H24INO3/c1-3-4-12-26-21(25)18-13(2)23-16-10-7-11-17(24)20(16)19(18)14-8-5-6-9-15(14)22/h5-6,8-9,19,23H,3-4,7,10-12H2,1-2H3/t19-/m1/s1. The number of ether oxygens (including phenoxy) is 1. The zero-order chi connectivity index (χ0) is 18.7. The minimum atomic E-state index is -0.346. The average Bonchev–Trinajstić information content (AvgIpc) is 2.61. The van der Waals surface area contributed by atoms with Crippen LogP contribution >= 0.6 is 22.6 Å². The summed E-state index contributed by atoms with van der Waals surface area (Å²) >= 11 is 2.28. The third-order valence-corrected chi connectivity index (χ3v) is 5.93. The summed E-state index contributed by atoms with van der Waals surface area (Å²) in [6.07, 6.45) is 4.05. The molecule has 1 aromatic carbocycles. The van der Waals surface area contributed by atoms with Crippen molar-refractivity contribution in [3.63, 3.8) is 0 Å². The number of hydrogen-bond donors (Lipinski definition) is 1. The van der Waals surface area contributed by atoms with Gasteiger partial charge in [0, 0.05) is 32.9 Å². The van der Waals surface area contributed by atoms with Crippen LogP contribution in [0, 0.1) is 3.57 Å². The Balaban J connectivity index is 2.07. The van der Waals surface area contributed by atoms with Crippen LogP contribution in [0.1, 0.15) is 57.4 Å². The number of hydrogen-bond acceptors (Lipinski definition) is 4. The van der Waals surface area contributed by atoms with Crippen LogP contribution in [0.15, 0.2) is 46.8 Å². The molecule has 1 heterocycles. The second kappa shape index (κ2) is 8.37. The van der Waals surface area contributed by atoms with Crippen molar-refractivity contribution in [3.05, 3.63) is 55.9 Å². The lowest BCUT2D eigenvalue weighted by Crippen LogP contribution is -2.34. The molecule has 5 heteroatoms. The Morgan fingerprint density at radius 3 is 2.81 bits per heavy atom. The molecule has 138 valence electrons. The highest BCUT2D eigenvalue weighted by Crippen LogP contribution is 2.43. The van der Waals surface area contributed by atoms with Gasteiger partial charge in [0.05, 0.1) is 12.2 Å². The topological polar surface area (TPSA) is 55.4 Å². The number of allylic oxidation sites excluding steroid dienone is 3. The van der Waals surface area contributed by atoms with Crippen LogP contribution in [0.3, 0.4) is 0 Å². The number of carbonyl (C=O) groups excluding carboxylic acids is 2. The second-order valence-electron chi connectivity index (χ2n) is 6.78. The van der Waals surface area contributed by atoms with E-state index >= 15 is 0 Å². The molecule has 0 amide bonds. The molecule has 1 atom stereocenters. The molecular weight excluding hydrogens is 441 g/mol. The first kappa shape index (κ1) is 19.1. The number of dihydropyridines is 1. The maximum atomic E-state index is 12.9. The molecule has 4 nitrogen and oxygen atoms in total. The molecule has 0 spiro atoms. The Morgan fingerprint density at radius 1 is 1.31 bits per heavy atom. The summed E-state index contributed by atoms with van der Waals surface area (Å²) in [5.41, 5.74) is 4.07. The SMILES string of the molecule is CCCCOC(=O)C1=C(C)NC2=C(C(=O)CCC2)[C@@H]1c1ccccc1I. The molecule has 1 aliphatic heterocycles. The lowest BCUT2D eigenvalue weighted by molar-refractivity contribution is -0.139. The largest absolute Gasteiger partial charge is 0.462 e. The van der Waals surface area contributed by atoms with E-state index in [2.05, 4.69) is 34.8 Å². The number of Topliss-reactive ketones (excluding diaryl/α,β-unsaturated/α-hetero) is 1.